The molecule has 2 N–H and O–H groups in total. The molecule has 0 fully saturated rings. The minimum absolute atomic E-state index is 0.192. The van der Waals surface area contributed by atoms with Crippen LogP contribution in [0.25, 0.3) is 11.0 Å². The summed E-state index contributed by atoms with van der Waals surface area (Å²) in [7, 11) is 0. The Balaban J connectivity index is 2.60. The molecule has 0 saturated heterocycles. The summed E-state index contributed by atoms with van der Waals surface area (Å²) < 4.78 is 0. The largest absolute Gasteiger partial charge is 0.356 e. The highest BCUT2D eigenvalue weighted by atomic mass is 16.1. The molecule has 0 aliphatic rings. The molecule has 76 valence electrons. The van der Waals surface area contributed by atoms with Crippen molar-refractivity contribution >= 4 is 28.9 Å². The SMILES string of the molecule is CC(=O)Nc1c[nH]c2c(C=O)ncnc12. The number of H-pyrrole nitrogens is 1. The zero-order valence-electron chi connectivity index (χ0n) is 7.94. The maximum absolute atomic E-state index is 10.9. The Bertz CT molecular complexity index is 532. The molecule has 2 aromatic rings. The van der Waals surface area contributed by atoms with Crippen LogP contribution in [0.3, 0.4) is 0 Å². The van der Waals surface area contributed by atoms with Crippen LogP contribution < -0.4 is 5.32 Å². The normalized spacial score (nSPS) is 10.2. The van der Waals surface area contributed by atoms with E-state index in [4.69, 9.17) is 0 Å². The number of amides is 1. The van der Waals surface area contributed by atoms with E-state index >= 15 is 0 Å². The predicted molar refractivity (Wildman–Crippen MR) is 53.6 cm³/mol. The molecule has 0 aromatic carbocycles. The topological polar surface area (TPSA) is 87.7 Å². The fraction of sp³-hybridized carbons (Fsp3) is 0.111. The van der Waals surface area contributed by atoms with Gasteiger partial charge in [-0.2, -0.15) is 0 Å². The minimum atomic E-state index is -0.192. The van der Waals surface area contributed by atoms with E-state index in [1.807, 2.05) is 0 Å². The maximum atomic E-state index is 10.9. The first-order chi connectivity index (χ1) is 7.22. The fourth-order valence-electron chi connectivity index (χ4n) is 1.33. The minimum Gasteiger partial charge on any atom is -0.356 e. The van der Waals surface area contributed by atoms with Crippen molar-refractivity contribution in [2.45, 2.75) is 6.92 Å². The Morgan fingerprint density at radius 3 is 3.00 bits per heavy atom. The van der Waals surface area contributed by atoms with Crippen molar-refractivity contribution in [2.24, 2.45) is 0 Å². The standard InChI is InChI=1S/C9H8N4O2/c1-5(15)13-6-2-10-9-7(3-14)11-4-12-8(6)9/h2-4,10H,1H3,(H,13,15). The monoisotopic (exact) mass is 204 g/mol. The van der Waals surface area contributed by atoms with Crippen LogP contribution in [-0.2, 0) is 4.79 Å². The molecule has 0 saturated carbocycles. The van der Waals surface area contributed by atoms with Gasteiger partial charge in [-0.3, -0.25) is 9.59 Å². The van der Waals surface area contributed by atoms with Crippen LogP contribution in [0.2, 0.25) is 0 Å². The van der Waals surface area contributed by atoms with Gasteiger partial charge in [0, 0.05) is 13.1 Å². The number of aldehydes is 1. The number of fused-ring (bicyclic) bond motifs is 1. The van der Waals surface area contributed by atoms with Crippen molar-refractivity contribution in [3.8, 4) is 0 Å². The second-order valence-electron chi connectivity index (χ2n) is 2.98. The van der Waals surface area contributed by atoms with Gasteiger partial charge >= 0.3 is 0 Å². The summed E-state index contributed by atoms with van der Waals surface area (Å²) in [5.41, 5.74) is 1.87. The predicted octanol–water partition coefficient (Wildman–Crippen LogP) is 0.729. The highest BCUT2D eigenvalue weighted by Gasteiger charge is 2.09. The molecule has 2 rings (SSSR count). The molecular weight excluding hydrogens is 196 g/mol. The van der Waals surface area contributed by atoms with Crippen LogP contribution >= 0.6 is 0 Å². The third-order valence-corrected chi connectivity index (χ3v) is 1.91. The number of rotatable bonds is 2. The zero-order chi connectivity index (χ0) is 10.8. The van der Waals surface area contributed by atoms with Crippen LogP contribution in [0, 0.1) is 0 Å². The Morgan fingerprint density at radius 2 is 2.33 bits per heavy atom. The van der Waals surface area contributed by atoms with Crippen LogP contribution in [-0.4, -0.2) is 27.1 Å². The van der Waals surface area contributed by atoms with Crippen molar-refractivity contribution in [1.82, 2.24) is 15.0 Å². The van der Waals surface area contributed by atoms with Gasteiger partial charge in [0.1, 0.15) is 17.5 Å². The Kier molecular flexibility index (Phi) is 2.17. The lowest BCUT2D eigenvalue weighted by Gasteiger charge is -1.97. The molecule has 1 amide bonds. The first-order valence-electron chi connectivity index (χ1n) is 4.27. The zero-order valence-corrected chi connectivity index (χ0v) is 7.94. The molecule has 0 bridgehead atoms. The number of hydrogen-bond acceptors (Lipinski definition) is 4. The Hall–Kier alpha value is -2.24. The molecule has 6 nitrogen and oxygen atoms in total. The van der Waals surface area contributed by atoms with Crippen molar-refractivity contribution in [1.29, 1.82) is 0 Å². The van der Waals surface area contributed by atoms with Gasteiger partial charge in [0.25, 0.3) is 0 Å². The second kappa shape index (κ2) is 3.49. The van der Waals surface area contributed by atoms with E-state index < -0.39 is 0 Å². The van der Waals surface area contributed by atoms with Gasteiger partial charge in [0.05, 0.1) is 11.2 Å². The number of carbonyl (C=O) groups excluding carboxylic acids is 2. The Labute approximate surface area is 84.7 Å². The van der Waals surface area contributed by atoms with Crippen LogP contribution in [0.5, 0.6) is 0 Å². The van der Waals surface area contributed by atoms with E-state index in [1.54, 1.807) is 6.20 Å². The van der Waals surface area contributed by atoms with Crippen LogP contribution in [0.15, 0.2) is 12.5 Å². The first-order valence-corrected chi connectivity index (χ1v) is 4.27. The van der Waals surface area contributed by atoms with Crippen molar-refractivity contribution in [3.63, 3.8) is 0 Å². The molecular formula is C9H8N4O2. The lowest BCUT2D eigenvalue weighted by Crippen LogP contribution is -2.05. The maximum Gasteiger partial charge on any atom is 0.221 e. The van der Waals surface area contributed by atoms with E-state index in [0.29, 0.717) is 23.0 Å². The van der Waals surface area contributed by atoms with Crippen molar-refractivity contribution < 1.29 is 9.59 Å². The number of hydrogen-bond donors (Lipinski definition) is 2. The summed E-state index contributed by atoms with van der Waals surface area (Å²) in [4.78, 5) is 32.1. The number of carbonyl (C=O) groups is 2. The van der Waals surface area contributed by atoms with Gasteiger partial charge in [0.2, 0.25) is 5.91 Å². The molecule has 0 atom stereocenters. The van der Waals surface area contributed by atoms with Gasteiger partial charge in [-0.1, -0.05) is 0 Å². The molecule has 0 aliphatic carbocycles. The van der Waals surface area contributed by atoms with Crippen molar-refractivity contribution in [3.05, 3.63) is 18.2 Å². The van der Waals surface area contributed by atoms with Gasteiger partial charge < -0.3 is 10.3 Å². The lowest BCUT2D eigenvalue weighted by atomic mass is 10.3. The van der Waals surface area contributed by atoms with Gasteiger partial charge in [-0.25, -0.2) is 9.97 Å². The summed E-state index contributed by atoms with van der Waals surface area (Å²) in [5.74, 6) is -0.192. The summed E-state index contributed by atoms with van der Waals surface area (Å²) in [6.45, 7) is 1.40. The summed E-state index contributed by atoms with van der Waals surface area (Å²) in [6.07, 6.45) is 3.50. The second-order valence-corrected chi connectivity index (χ2v) is 2.98. The molecule has 0 spiro atoms. The average molecular weight is 204 g/mol. The third kappa shape index (κ3) is 1.56. The number of anilines is 1. The first kappa shape index (κ1) is 9.32. The molecule has 2 heterocycles. The molecule has 0 unspecified atom stereocenters. The van der Waals surface area contributed by atoms with E-state index in [-0.39, 0.29) is 11.6 Å². The molecule has 6 heteroatoms. The fourth-order valence-corrected chi connectivity index (χ4v) is 1.33. The smallest absolute Gasteiger partial charge is 0.221 e. The van der Waals surface area contributed by atoms with Gasteiger partial charge in [0.15, 0.2) is 6.29 Å². The van der Waals surface area contributed by atoms with Crippen LogP contribution in [0.1, 0.15) is 17.4 Å². The third-order valence-electron chi connectivity index (χ3n) is 1.91. The van der Waals surface area contributed by atoms with Crippen LogP contribution in [0.4, 0.5) is 5.69 Å². The van der Waals surface area contributed by atoms with E-state index in [2.05, 4.69) is 20.3 Å². The molecule has 0 aliphatic heterocycles. The number of nitrogens with zero attached hydrogens (tertiary/aromatic N) is 2. The van der Waals surface area contributed by atoms with Crippen molar-refractivity contribution in [2.75, 3.05) is 5.32 Å². The lowest BCUT2D eigenvalue weighted by molar-refractivity contribution is -0.114. The summed E-state index contributed by atoms with van der Waals surface area (Å²) in [6, 6.07) is 0. The van der Waals surface area contributed by atoms with E-state index in [0.717, 1.165) is 0 Å². The highest BCUT2D eigenvalue weighted by Crippen LogP contribution is 2.21. The van der Waals surface area contributed by atoms with Gasteiger partial charge in [-0.05, 0) is 0 Å². The molecule has 0 radical (unpaired) electrons. The highest BCUT2D eigenvalue weighted by molar-refractivity contribution is 6.02. The molecule has 2 aromatic heterocycles. The average Bonchev–Trinajstić information content (AvgIpc) is 2.61. The summed E-state index contributed by atoms with van der Waals surface area (Å²) in [5, 5.41) is 2.60. The van der Waals surface area contributed by atoms with Gasteiger partial charge in [-0.15, -0.1) is 0 Å². The summed E-state index contributed by atoms with van der Waals surface area (Å²) >= 11 is 0. The number of aromatic amines is 1. The van der Waals surface area contributed by atoms with E-state index in [9.17, 15) is 9.59 Å². The molecule has 15 heavy (non-hydrogen) atoms. The number of aromatic nitrogens is 3. The number of nitrogens with one attached hydrogen (secondary N) is 2. The van der Waals surface area contributed by atoms with E-state index in [1.165, 1.54) is 13.3 Å². The Morgan fingerprint density at radius 1 is 1.53 bits per heavy atom. The quantitative estimate of drug-likeness (QED) is 0.706.